The lowest BCUT2D eigenvalue weighted by molar-refractivity contribution is 0.161. The van der Waals surface area contributed by atoms with Crippen molar-refractivity contribution in [1.29, 1.82) is 0 Å². The fourth-order valence-corrected chi connectivity index (χ4v) is 4.81. The maximum atomic E-state index is 12.0. The first-order valence-corrected chi connectivity index (χ1v) is 9.43. The number of hydrogen-bond donors (Lipinski definition) is 0. The molecule has 0 aromatic rings. The second-order valence-corrected chi connectivity index (χ2v) is 8.11. The van der Waals surface area contributed by atoms with E-state index in [-0.39, 0.29) is 0 Å². The molecule has 0 amide bonds. The van der Waals surface area contributed by atoms with E-state index in [1.54, 1.807) is 4.31 Å². The second-order valence-electron chi connectivity index (χ2n) is 6.02. The van der Waals surface area contributed by atoms with Gasteiger partial charge in [-0.2, -0.15) is 0 Å². The van der Waals surface area contributed by atoms with Crippen LogP contribution in [0.25, 0.3) is 0 Å². The van der Waals surface area contributed by atoms with Crippen molar-refractivity contribution < 1.29 is 8.42 Å². The molecule has 0 aromatic heterocycles. The number of sulfonamides is 1. The minimum absolute atomic E-state index is 0.309. The van der Waals surface area contributed by atoms with Crippen molar-refractivity contribution in [1.82, 2.24) is 9.21 Å². The number of hydrogen-bond acceptors (Lipinski definition) is 3. The van der Waals surface area contributed by atoms with Crippen molar-refractivity contribution >= 4 is 10.0 Å². The van der Waals surface area contributed by atoms with E-state index >= 15 is 0 Å². The summed E-state index contributed by atoms with van der Waals surface area (Å²) in [7, 11) is -2.97. The van der Waals surface area contributed by atoms with Crippen molar-refractivity contribution in [3.05, 3.63) is 0 Å². The van der Waals surface area contributed by atoms with Gasteiger partial charge in [0.05, 0.1) is 5.75 Å². The van der Waals surface area contributed by atoms with Gasteiger partial charge >= 0.3 is 0 Å². The summed E-state index contributed by atoms with van der Waals surface area (Å²) in [5.74, 6) is 1.01. The molecule has 2 heterocycles. The Morgan fingerprint density at radius 2 is 1.63 bits per heavy atom. The molecule has 0 spiro atoms. The highest BCUT2D eigenvalue weighted by Gasteiger charge is 2.28. The van der Waals surface area contributed by atoms with Gasteiger partial charge in [-0.05, 0) is 51.1 Å². The van der Waals surface area contributed by atoms with E-state index < -0.39 is 10.0 Å². The summed E-state index contributed by atoms with van der Waals surface area (Å²) >= 11 is 0. The van der Waals surface area contributed by atoms with E-state index in [0.29, 0.717) is 11.7 Å². The number of rotatable bonds is 5. The molecule has 19 heavy (non-hydrogen) atoms. The SMILES string of the molecule is CCCS(=O)(=O)N1CCC(CN2CCCCC2)CC1. The molecule has 2 aliphatic heterocycles. The molecule has 0 N–H and O–H groups in total. The summed E-state index contributed by atoms with van der Waals surface area (Å²) in [5, 5.41) is 0. The van der Waals surface area contributed by atoms with Crippen LogP contribution in [0.3, 0.4) is 0 Å². The van der Waals surface area contributed by atoms with Gasteiger partial charge in [-0.25, -0.2) is 12.7 Å². The highest BCUT2D eigenvalue weighted by atomic mass is 32.2. The Balaban J connectivity index is 1.75. The van der Waals surface area contributed by atoms with Crippen LogP contribution < -0.4 is 0 Å². The average molecular weight is 288 g/mol. The van der Waals surface area contributed by atoms with Crippen LogP contribution in [-0.4, -0.2) is 56.1 Å². The lowest BCUT2D eigenvalue weighted by atomic mass is 9.96. The Morgan fingerprint density at radius 3 is 2.21 bits per heavy atom. The Labute approximate surface area is 118 Å². The van der Waals surface area contributed by atoms with Crippen LogP contribution in [0.5, 0.6) is 0 Å². The van der Waals surface area contributed by atoms with Gasteiger partial charge < -0.3 is 4.90 Å². The molecular formula is C14H28N2O2S. The third kappa shape index (κ3) is 4.43. The second kappa shape index (κ2) is 7.04. The molecule has 2 aliphatic rings. The zero-order valence-electron chi connectivity index (χ0n) is 12.2. The lowest BCUT2D eigenvalue weighted by Crippen LogP contribution is -2.43. The van der Waals surface area contributed by atoms with Gasteiger partial charge in [0, 0.05) is 19.6 Å². The fraction of sp³-hybridized carbons (Fsp3) is 1.00. The quantitative estimate of drug-likeness (QED) is 0.776. The first-order chi connectivity index (χ1) is 9.12. The molecule has 2 rings (SSSR count). The Morgan fingerprint density at radius 1 is 1.00 bits per heavy atom. The van der Waals surface area contributed by atoms with E-state index in [2.05, 4.69) is 4.90 Å². The van der Waals surface area contributed by atoms with Crippen LogP contribution in [0, 0.1) is 5.92 Å². The third-order valence-corrected chi connectivity index (χ3v) is 6.47. The smallest absolute Gasteiger partial charge is 0.214 e. The zero-order valence-corrected chi connectivity index (χ0v) is 13.0. The predicted molar refractivity (Wildman–Crippen MR) is 78.7 cm³/mol. The summed E-state index contributed by atoms with van der Waals surface area (Å²) in [6.45, 7) is 7.08. The van der Waals surface area contributed by atoms with Gasteiger partial charge in [0.15, 0.2) is 0 Å². The molecule has 0 aliphatic carbocycles. The van der Waals surface area contributed by atoms with Crippen LogP contribution >= 0.6 is 0 Å². The Bertz CT molecular complexity index is 356. The maximum Gasteiger partial charge on any atom is 0.214 e. The molecule has 5 heteroatoms. The van der Waals surface area contributed by atoms with Gasteiger partial charge in [-0.3, -0.25) is 0 Å². The minimum atomic E-state index is -2.97. The molecule has 0 unspecified atom stereocenters. The summed E-state index contributed by atoms with van der Waals surface area (Å²) in [6.07, 6.45) is 6.85. The standard InChI is InChI=1S/C14H28N2O2S/c1-2-12-19(17,18)16-10-6-14(7-11-16)13-15-8-4-3-5-9-15/h14H,2-13H2,1H3. The molecule has 0 radical (unpaired) electrons. The largest absolute Gasteiger partial charge is 0.303 e. The van der Waals surface area contributed by atoms with E-state index in [1.807, 2.05) is 6.92 Å². The fourth-order valence-electron chi connectivity index (χ4n) is 3.26. The van der Waals surface area contributed by atoms with Gasteiger partial charge in [-0.1, -0.05) is 13.3 Å². The van der Waals surface area contributed by atoms with Crippen molar-refractivity contribution in [2.45, 2.75) is 45.4 Å². The molecule has 0 aromatic carbocycles. The highest BCUT2D eigenvalue weighted by molar-refractivity contribution is 7.89. The first kappa shape index (κ1) is 15.3. The van der Waals surface area contributed by atoms with Gasteiger partial charge in [0.25, 0.3) is 0 Å². The number of piperidine rings is 2. The van der Waals surface area contributed by atoms with Gasteiger partial charge in [0.1, 0.15) is 0 Å². The molecular weight excluding hydrogens is 260 g/mol. The first-order valence-electron chi connectivity index (χ1n) is 7.82. The Kier molecular flexibility index (Phi) is 5.66. The molecule has 0 saturated carbocycles. The maximum absolute atomic E-state index is 12.0. The summed E-state index contributed by atoms with van der Waals surface area (Å²) in [6, 6.07) is 0. The van der Waals surface area contributed by atoms with Crippen LogP contribution in [0.15, 0.2) is 0 Å². The molecule has 0 atom stereocenters. The monoisotopic (exact) mass is 288 g/mol. The predicted octanol–water partition coefficient (Wildman–Crippen LogP) is 1.92. The summed E-state index contributed by atoms with van der Waals surface area (Å²) in [5.41, 5.74) is 0. The van der Waals surface area contributed by atoms with E-state index in [1.165, 1.54) is 38.9 Å². The Hall–Kier alpha value is -0.130. The average Bonchev–Trinajstić information content (AvgIpc) is 2.40. The van der Waals surface area contributed by atoms with Gasteiger partial charge in [0.2, 0.25) is 10.0 Å². The summed E-state index contributed by atoms with van der Waals surface area (Å²) in [4.78, 5) is 2.57. The summed E-state index contributed by atoms with van der Waals surface area (Å²) < 4.78 is 25.7. The van der Waals surface area contributed by atoms with E-state index in [4.69, 9.17) is 0 Å². The van der Waals surface area contributed by atoms with E-state index in [9.17, 15) is 8.42 Å². The normalized spacial score (nSPS) is 24.7. The van der Waals surface area contributed by atoms with Crippen molar-refractivity contribution in [2.75, 3.05) is 38.5 Å². The molecule has 0 bridgehead atoms. The molecule has 2 fully saturated rings. The topological polar surface area (TPSA) is 40.6 Å². The van der Waals surface area contributed by atoms with E-state index in [0.717, 1.165) is 32.4 Å². The molecule has 2 saturated heterocycles. The van der Waals surface area contributed by atoms with Crippen LogP contribution in [0.4, 0.5) is 0 Å². The minimum Gasteiger partial charge on any atom is -0.303 e. The van der Waals surface area contributed by atoms with Crippen molar-refractivity contribution in [2.24, 2.45) is 5.92 Å². The van der Waals surface area contributed by atoms with Crippen molar-refractivity contribution in [3.63, 3.8) is 0 Å². The third-order valence-electron chi connectivity index (χ3n) is 4.39. The van der Waals surface area contributed by atoms with Crippen LogP contribution in [0.2, 0.25) is 0 Å². The van der Waals surface area contributed by atoms with Gasteiger partial charge in [-0.15, -0.1) is 0 Å². The molecule has 112 valence electrons. The van der Waals surface area contributed by atoms with Crippen LogP contribution in [-0.2, 0) is 10.0 Å². The zero-order chi connectivity index (χ0) is 13.7. The lowest BCUT2D eigenvalue weighted by Gasteiger charge is -2.35. The number of likely N-dealkylation sites (tertiary alicyclic amines) is 1. The van der Waals surface area contributed by atoms with Crippen molar-refractivity contribution in [3.8, 4) is 0 Å². The molecule has 4 nitrogen and oxygen atoms in total. The number of nitrogens with zero attached hydrogens (tertiary/aromatic N) is 2. The van der Waals surface area contributed by atoms with Crippen LogP contribution in [0.1, 0.15) is 45.4 Å². The highest BCUT2D eigenvalue weighted by Crippen LogP contribution is 2.22.